The summed E-state index contributed by atoms with van der Waals surface area (Å²) >= 11 is 17.7. The molecule has 0 bridgehead atoms. The molecule has 0 spiro atoms. The number of thioether (sulfide) groups is 1. The van der Waals surface area contributed by atoms with E-state index in [4.69, 9.17) is 34.8 Å². The number of amides is 1. The summed E-state index contributed by atoms with van der Waals surface area (Å²) in [4.78, 5) is 11.4. The van der Waals surface area contributed by atoms with Crippen LogP contribution in [0.1, 0.15) is 12.7 Å². The summed E-state index contributed by atoms with van der Waals surface area (Å²) in [5.74, 6) is 0.554. The number of hydrogen-bond donors (Lipinski definition) is 1. The van der Waals surface area contributed by atoms with E-state index in [0.717, 1.165) is 5.75 Å². The Bertz CT molecular complexity index is 389. The number of rotatable bonds is 3. The van der Waals surface area contributed by atoms with E-state index in [-0.39, 0.29) is 0 Å². The van der Waals surface area contributed by atoms with Gasteiger partial charge in [0.1, 0.15) is 5.82 Å². The normalized spacial score (nSPS) is 11.6. The Morgan fingerprint density at radius 2 is 2.12 bits per heavy atom. The van der Waals surface area contributed by atoms with Crippen LogP contribution in [0.3, 0.4) is 0 Å². The lowest BCUT2D eigenvalue weighted by Crippen LogP contribution is -2.34. The van der Waals surface area contributed by atoms with E-state index >= 15 is 0 Å². The Morgan fingerprint density at radius 1 is 1.50 bits per heavy atom. The zero-order valence-electron chi connectivity index (χ0n) is 8.50. The molecule has 0 fully saturated rings. The van der Waals surface area contributed by atoms with Crippen LogP contribution < -0.4 is 5.43 Å². The molecule has 90 valence electrons. The number of nitrogens with one attached hydrogen (secondary N) is 1. The Balaban J connectivity index is 2.88. The van der Waals surface area contributed by atoms with E-state index in [1.165, 1.54) is 16.4 Å². The third kappa shape index (κ3) is 3.41. The van der Waals surface area contributed by atoms with Crippen molar-refractivity contribution in [1.29, 1.82) is 0 Å². The number of aryl methyl sites for hydroxylation is 1. The van der Waals surface area contributed by atoms with Gasteiger partial charge in [0, 0.05) is 0 Å². The first-order chi connectivity index (χ1) is 7.36. The molecular formula is C7H9Cl3N4OS. The van der Waals surface area contributed by atoms with Crippen LogP contribution in [-0.2, 0) is 4.79 Å². The minimum Gasteiger partial charge on any atom is -0.268 e. The van der Waals surface area contributed by atoms with E-state index in [0.29, 0.717) is 11.0 Å². The van der Waals surface area contributed by atoms with Crippen molar-refractivity contribution in [2.24, 2.45) is 0 Å². The van der Waals surface area contributed by atoms with Gasteiger partial charge in [-0.25, -0.2) is 4.68 Å². The fraction of sp³-hybridized carbons (Fsp3) is 0.571. The second-order valence-electron chi connectivity index (χ2n) is 2.74. The molecule has 1 rings (SSSR count). The maximum Gasteiger partial charge on any atom is 0.291 e. The maximum atomic E-state index is 11.4. The van der Waals surface area contributed by atoms with E-state index in [1.54, 1.807) is 6.92 Å². The van der Waals surface area contributed by atoms with E-state index < -0.39 is 9.70 Å². The van der Waals surface area contributed by atoms with Crippen molar-refractivity contribution in [3.8, 4) is 0 Å². The van der Waals surface area contributed by atoms with Gasteiger partial charge in [0.25, 0.3) is 9.70 Å². The molecule has 1 amide bonds. The van der Waals surface area contributed by atoms with Crippen molar-refractivity contribution in [3.63, 3.8) is 0 Å². The molecule has 0 aliphatic rings. The molecule has 1 aromatic rings. The Kier molecular flexibility index (Phi) is 4.73. The summed E-state index contributed by atoms with van der Waals surface area (Å²) in [6, 6.07) is 0. The average Bonchev–Trinajstić information content (AvgIpc) is 2.49. The van der Waals surface area contributed by atoms with Gasteiger partial charge >= 0.3 is 0 Å². The highest BCUT2D eigenvalue weighted by molar-refractivity contribution is 7.99. The molecular weight excluding hydrogens is 295 g/mol. The van der Waals surface area contributed by atoms with Gasteiger partial charge in [-0.05, 0) is 12.7 Å². The lowest BCUT2D eigenvalue weighted by Gasteiger charge is -2.13. The highest BCUT2D eigenvalue weighted by Gasteiger charge is 2.31. The summed E-state index contributed by atoms with van der Waals surface area (Å²) in [7, 11) is 0. The molecule has 0 radical (unpaired) electrons. The molecule has 1 heterocycles. The van der Waals surface area contributed by atoms with Gasteiger partial charge in [-0.15, -0.1) is 10.2 Å². The smallest absolute Gasteiger partial charge is 0.268 e. The van der Waals surface area contributed by atoms with Crippen LogP contribution in [0.4, 0.5) is 0 Å². The largest absolute Gasteiger partial charge is 0.291 e. The Hall–Kier alpha value is -0.170. The van der Waals surface area contributed by atoms with Crippen LogP contribution in [-0.4, -0.2) is 30.3 Å². The van der Waals surface area contributed by atoms with Gasteiger partial charge in [-0.1, -0.05) is 53.5 Å². The first-order valence-corrected chi connectivity index (χ1v) is 6.41. The van der Waals surface area contributed by atoms with Crippen molar-refractivity contribution in [1.82, 2.24) is 14.9 Å². The summed E-state index contributed by atoms with van der Waals surface area (Å²) in [5.41, 5.74) is 2.42. The van der Waals surface area contributed by atoms with E-state index in [1.807, 2.05) is 6.92 Å². The summed E-state index contributed by atoms with van der Waals surface area (Å²) < 4.78 is -0.622. The van der Waals surface area contributed by atoms with Crippen LogP contribution in [0.25, 0.3) is 0 Å². The second kappa shape index (κ2) is 5.44. The second-order valence-corrected chi connectivity index (χ2v) is 6.25. The van der Waals surface area contributed by atoms with Gasteiger partial charge in [0.15, 0.2) is 0 Å². The number of nitrogens with zero attached hydrogens (tertiary/aromatic N) is 3. The van der Waals surface area contributed by atoms with Gasteiger partial charge in [0.05, 0.1) is 0 Å². The number of carbonyl (C=O) groups excluding carboxylic acids is 1. The van der Waals surface area contributed by atoms with E-state index in [9.17, 15) is 4.79 Å². The number of alkyl halides is 3. The van der Waals surface area contributed by atoms with Crippen LogP contribution in [0, 0.1) is 6.92 Å². The van der Waals surface area contributed by atoms with Crippen molar-refractivity contribution in [2.45, 2.75) is 22.8 Å². The molecule has 5 nitrogen and oxygen atoms in total. The first kappa shape index (κ1) is 13.9. The molecule has 0 saturated carbocycles. The predicted octanol–water partition coefficient (Wildman–Crippen LogP) is 2.14. The molecule has 1 N–H and O–H groups in total. The fourth-order valence-electron chi connectivity index (χ4n) is 0.859. The summed E-state index contributed by atoms with van der Waals surface area (Å²) in [5, 5.41) is 8.24. The number of carbonyl (C=O) groups is 1. The van der Waals surface area contributed by atoms with Crippen LogP contribution in [0.2, 0.25) is 0 Å². The van der Waals surface area contributed by atoms with Gasteiger partial charge < -0.3 is 0 Å². The van der Waals surface area contributed by atoms with Gasteiger partial charge in [-0.3, -0.25) is 10.2 Å². The third-order valence-electron chi connectivity index (χ3n) is 1.54. The number of halogens is 3. The molecule has 0 saturated heterocycles. The van der Waals surface area contributed by atoms with Crippen LogP contribution in [0.15, 0.2) is 5.16 Å². The topological polar surface area (TPSA) is 59.8 Å². The Labute approximate surface area is 112 Å². The summed E-state index contributed by atoms with van der Waals surface area (Å²) in [6.45, 7) is 3.64. The average molecular weight is 304 g/mol. The molecule has 0 unspecified atom stereocenters. The molecule has 1 aromatic heterocycles. The molecule has 0 aliphatic carbocycles. The zero-order chi connectivity index (χ0) is 12.3. The zero-order valence-corrected chi connectivity index (χ0v) is 11.6. The maximum absolute atomic E-state index is 11.4. The molecule has 0 aliphatic heterocycles. The number of hydrogen-bond acceptors (Lipinski definition) is 4. The molecule has 0 atom stereocenters. The lowest BCUT2D eigenvalue weighted by molar-refractivity contribution is -0.116. The monoisotopic (exact) mass is 302 g/mol. The standard InChI is InChI=1S/C7H9Cl3N4OS/c1-3-16-6-12-11-4(2)14(6)13-5(15)7(8,9)10/h3H2,1-2H3,(H,13,15). The van der Waals surface area contributed by atoms with Crippen molar-refractivity contribution < 1.29 is 4.79 Å². The summed E-state index contributed by atoms with van der Waals surface area (Å²) in [6.07, 6.45) is 0. The highest BCUT2D eigenvalue weighted by Crippen LogP contribution is 2.26. The fourth-order valence-corrected chi connectivity index (χ4v) is 1.65. The van der Waals surface area contributed by atoms with Crippen LogP contribution in [0.5, 0.6) is 0 Å². The highest BCUT2D eigenvalue weighted by atomic mass is 35.6. The van der Waals surface area contributed by atoms with E-state index in [2.05, 4.69) is 15.6 Å². The third-order valence-corrected chi connectivity index (χ3v) is 2.87. The van der Waals surface area contributed by atoms with Crippen molar-refractivity contribution in [2.75, 3.05) is 11.2 Å². The molecule has 16 heavy (non-hydrogen) atoms. The molecule has 0 aromatic carbocycles. The minimum absolute atomic E-state index is 0.513. The molecule has 9 heteroatoms. The Morgan fingerprint density at radius 3 is 2.62 bits per heavy atom. The van der Waals surface area contributed by atoms with Gasteiger partial charge in [0.2, 0.25) is 5.16 Å². The van der Waals surface area contributed by atoms with Crippen molar-refractivity contribution >= 4 is 52.5 Å². The lowest BCUT2D eigenvalue weighted by atomic mass is 10.7. The number of aromatic nitrogens is 3. The minimum atomic E-state index is -2.01. The quantitative estimate of drug-likeness (QED) is 0.686. The first-order valence-electron chi connectivity index (χ1n) is 4.29. The van der Waals surface area contributed by atoms with Crippen LogP contribution >= 0.6 is 46.6 Å². The van der Waals surface area contributed by atoms with Crippen molar-refractivity contribution in [3.05, 3.63) is 5.82 Å². The predicted molar refractivity (Wildman–Crippen MR) is 65.8 cm³/mol. The van der Waals surface area contributed by atoms with Gasteiger partial charge in [-0.2, -0.15) is 0 Å². The SMILES string of the molecule is CCSc1nnc(C)n1NC(=O)C(Cl)(Cl)Cl.